The number of rotatable bonds is 14. The number of carbonyl (C=O) groups excluding carboxylic acids is 2. The molecule has 0 aliphatic carbocycles. The number of carbonyl (C=O) groups is 2. The highest BCUT2D eigenvalue weighted by molar-refractivity contribution is 7.98. The van der Waals surface area contributed by atoms with Crippen molar-refractivity contribution in [3.8, 4) is 5.75 Å². The van der Waals surface area contributed by atoms with Crippen molar-refractivity contribution in [1.82, 2.24) is 10.2 Å². The van der Waals surface area contributed by atoms with E-state index in [1.807, 2.05) is 46.1 Å². The summed E-state index contributed by atoms with van der Waals surface area (Å²) >= 11 is 1.51. The molecule has 0 aromatic heterocycles. The van der Waals surface area contributed by atoms with Gasteiger partial charge in [-0.15, -0.1) is 11.8 Å². The minimum absolute atomic E-state index is 0.0785. The summed E-state index contributed by atoms with van der Waals surface area (Å²) in [7, 11) is -2.56. The van der Waals surface area contributed by atoms with Crippen molar-refractivity contribution in [2.45, 2.75) is 56.5 Å². The number of ether oxygens (including phenoxy) is 1. The molecule has 8 nitrogen and oxygen atoms in total. The SMILES string of the molecule is CC[C@@H](C(=O)NCC(C)C)N(Cc1cccc(OC)c1)C(=O)CN(c1ccc(C)cc1)S(=O)(=O)c1ccc(SC)cc1. The topological polar surface area (TPSA) is 96.0 Å². The lowest BCUT2D eigenvalue weighted by atomic mass is 10.1. The predicted molar refractivity (Wildman–Crippen MR) is 169 cm³/mol. The number of hydrogen-bond donors (Lipinski definition) is 1. The second-order valence-electron chi connectivity index (χ2n) is 10.5. The fourth-order valence-corrected chi connectivity index (χ4v) is 6.25. The first-order valence-electron chi connectivity index (χ1n) is 13.9. The molecule has 3 aromatic carbocycles. The van der Waals surface area contributed by atoms with E-state index in [9.17, 15) is 18.0 Å². The van der Waals surface area contributed by atoms with Crippen molar-refractivity contribution in [2.24, 2.45) is 5.92 Å². The summed E-state index contributed by atoms with van der Waals surface area (Å²) in [5.41, 5.74) is 2.08. The number of methoxy groups -OCH3 is 1. The molecule has 0 radical (unpaired) electrons. The summed E-state index contributed by atoms with van der Waals surface area (Å²) in [6.45, 7) is 7.83. The number of anilines is 1. The highest BCUT2D eigenvalue weighted by Gasteiger charge is 2.33. The molecule has 0 aliphatic rings. The lowest BCUT2D eigenvalue weighted by Crippen LogP contribution is -2.52. The van der Waals surface area contributed by atoms with Gasteiger partial charge in [-0.3, -0.25) is 13.9 Å². The fourth-order valence-electron chi connectivity index (χ4n) is 4.42. The Morgan fingerprint density at radius 3 is 2.24 bits per heavy atom. The molecular formula is C32H41N3O5S2. The van der Waals surface area contributed by atoms with Crippen LogP contribution in [-0.2, 0) is 26.2 Å². The molecular weight excluding hydrogens is 571 g/mol. The zero-order valence-electron chi connectivity index (χ0n) is 25.2. The maximum absolute atomic E-state index is 14.2. The van der Waals surface area contributed by atoms with Gasteiger partial charge in [0, 0.05) is 18.0 Å². The Balaban J connectivity index is 2.05. The van der Waals surface area contributed by atoms with E-state index < -0.39 is 28.5 Å². The molecule has 0 saturated carbocycles. The van der Waals surface area contributed by atoms with Gasteiger partial charge >= 0.3 is 0 Å². The number of nitrogens with one attached hydrogen (secondary N) is 1. The van der Waals surface area contributed by atoms with Crippen LogP contribution in [-0.4, -0.2) is 57.6 Å². The number of thioether (sulfide) groups is 1. The molecule has 1 N–H and O–H groups in total. The van der Waals surface area contributed by atoms with Crippen LogP contribution in [0.25, 0.3) is 0 Å². The molecule has 0 saturated heterocycles. The van der Waals surface area contributed by atoms with E-state index in [4.69, 9.17) is 4.74 Å². The first-order valence-corrected chi connectivity index (χ1v) is 16.6. The molecule has 2 amide bonds. The van der Waals surface area contributed by atoms with Gasteiger partial charge in [0.25, 0.3) is 10.0 Å². The first-order chi connectivity index (χ1) is 20.0. The number of amides is 2. The molecule has 0 aliphatic heterocycles. The van der Waals surface area contributed by atoms with Crippen molar-refractivity contribution in [2.75, 3.05) is 30.8 Å². The summed E-state index contributed by atoms with van der Waals surface area (Å²) in [4.78, 5) is 30.0. The predicted octanol–water partition coefficient (Wildman–Crippen LogP) is 5.50. The first kappa shape index (κ1) is 33.0. The smallest absolute Gasteiger partial charge is 0.264 e. The summed E-state index contributed by atoms with van der Waals surface area (Å²) < 4.78 is 34.5. The molecule has 226 valence electrons. The Hall–Kier alpha value is -3.50. The van der Waals surface area contributed by atoms with E-state index in [-0.39, 0.29) is 23.3 Å². The minimum atomic E-state index is -4.12. The number of sulfonamides is 1. The van der Waals surface area contributed by atoms with E-state index in [0.29, 0.717) is 24.4 Å². The molecule has 0 spiro atoms. The molecule has 1 atom stereocenters. The second kappa shape index (κ2) is 15.1. The van der Waals surface area contributed by atoms with Crippen LogP contribution in [0.15, 0.2) is 82.6 Å². The van der Waals surface area contributed by atoms with Crippen LogP contribution in [0.5, 0.6) is 5.75 Å². The Bertz CT molecular complexity index is 1440. The van der Waals surface area contributed by atoms with Crippen LogP contribution >= 0.6 is 11.8 Å². The van der Waals surface area contributed by atoms with Gasteiger partial charge in [0.1, 0.15) is 18.3 Å². The Morgan fingerprint density at radius 1 is 1.00 bits per heavy atom. The van der Waals surface area contributed by atoms with E-state index in [0.717, 1.165) is 20.3 Å². The third-order valence-electron chi connectivity index (χ3n) is 6.81. The lowest BCUT2D eigenvalue weighted by molar-refractivity contribution is -0.140. The lowest BCUT2D eigenvalue weighted by Gasteiger charge is -2.33. The van der Waals surface area contributed by atoms with Gasteiger partial charge < -0.3 is 15.0 Å². The van der Waals surface area contributed by atoms with Crippen molar-refractivity contribution in [3.05, 3.63) is 83.9 Å². The molecule has 0 unspecified atom stereocenters. The molecule has 0 fully saturated rings. The van der Waals surface area contributed by atoms with Gasteiger partial charge in [-0.2, -0.15) is 0 Å². The van der Waals surface area contributed by atoms with Gasteiger partial charge in [0.05, 0.1) is 17.7 Å². The van der Waals surface area contributed by atoms with E-state index in [1.165, 1.54) is 16.7 Å². The van der Waals surface area contributed by atoms with Crippen LogP contribution in [0.2, 0.25) is 0 Å². The standard InChI is InChI=1S/C32H41N3O5S2/c1-7-30(32(37)33-20-23(2)3)34(21-25-9-8-10-27(19-25)40-5)31(36)22-35(26-13-11-24(4)12-14-26)42(38,39)29-17-15-28(41-6)16-18-29/h8-19,23,30H,7,20-22H2,1-6H3,(H,33,37)/t30-/m0/s1. The van der Waals surface area contributed by atoms with Crippen LogP contribution < -0.4 is 14.4 Å². The third-order valence-corrected chi connectivity index (χ3v) is 9.34. The Labute approximate surface area is 254 Å². The summed E-state index contributed by atoms with van der Waals surface area (Å²) in [6.07, 6.45) is 2.27. The molecule has 42 heavy (non-hydrogen) atoms. The van der Waals surface area contributed by atoms with Gasteiger partial charge in [0.15, 0.2) is 0 Å². The highest BCUT2D eigenvalue weighted by atomic mass is 32.2. The summed E-state index contributed by atoms with van der Waals surface area (Å²) in [5, 5.41) is 2.94. The number of benzene rings is 3. The molecule has 0 bridgehead atoms. The van der Waals surface area contributed by atoms with E-state index in [1.54, 1.807) is 67.8 Å². The largest absolute Gasteiger partial charge is 0.497 e. The van der Waals surface area contributed by atoms with Crippen LogP contribution in [0, 0.1) is 12.8 Å². The van der Waals surface area contributed by atoms with Crippen molar-refractivity contribution < 1.29 is 22.7 Å². The third kappa shape index (κ3) is 8.51. The van der Waals surface area contributed by atoms with Crippen LogP contribution in [0.1, 0.15) is 38.3 Å². The van der Waals surface area contributed by atoms with Crippen molar-refractivity contribution in [3.63, 3.8) is 0 Å². The van der Waals surface area contributed by atoms with Gasteiger partial charge in [0.2, 0.25) is 11.8 Å². The normalized spacial score (nSPS) is 12.1. The van der Waals surface area contributed by atoms with Crippen LogP contribution in [0.4, 0.5) is 5.69 Å². The Morgan fingerprint density at radius 2 is 1.67 bits per heavy atom. The average Bonchev–Trinajstić information content (AvgIpc) is 2.99. The van der Waals surface area contributed by atoms with Crippen molar-refractivity contribution >= 4 is 39.3 Å². The molecule has 3 aromatic rings. The number of hydrogen-bond acceptors (Lipinski definition) is 6. The monoisotopic (exact) mass is 611 g/mol. The quantitative estimate of drug-likeness (QED) is 0.242. The maximum Gasteiger partial charge on any atom is 0.264 e. The van der Waals surface area contributed by atoms with Crippen molar-refractivity contribution in [1.29, 1.82) is 0 Å². The summed E-state index contributed by atoms with van der Waals surface area (Å²) in [6, 6.07) is 20.1. The van der Waals surface area contributed by atoms with E-state index >= 15 is 0 Å². The minimum Gasteiger partial charge on any atom is -0.497 e. The van der Waals surface area contributed by atoms with Gasteiger partial charge in [-0.1, -0.05) is 50.6 Å². The number of aryl methyl sites for hydroxylation is 1. The van der Waals surface area contributed by atoms with Gasteiger partial charge in [-0.05, 0) is 79.6 Å². The Kier molecular flexibility index (Phi) is 11.9. The van der Waals surface area contributed by atoms with Crippen LogP contribution in [0.3, 0.4) is 0 Å². The second-order valence-corrected chi connectivity index (χ2v) is 13.2. The van der Waals surface area contributed by atoms with E-state index in [2.05, 4.69) is 5.32 Å². The average molecular weight is 612 g/mol. The molecule has 0 heterocycles. The summed E-state index contributed by atoms with van der Waals surface area (Å²) in [5.74, 6) is 0.0810. The number of nitrogens with zero attached hydrogens (tertiary/aromatic N) is 2. The maximum atomic E-state index is 14.2. The highest BCUT2D eigenvalue weighted by Crippen LogP contribution is 2.27. The van der Waals surface area contributed by atoms with Gasteiger partial charge in [-0.25, -0.2) is 8.42 Å². The molecule has 3 rings (SSSR count). The zero-order chi connectivity index (χ0) is 30.9. The fraction of sp³-hybridized carbons (Fsp3) is 0.375. The zero-order valence-corrected chi connectivity index (χ0v) is 26.8. The molecule has 10 heteroatoms.